The number of hydrogen-bond donors (Lipinski definition) is 1. The lowest BCUT2D eigenvalue weighted by Crippen LogP contribution is -2.39. The number of amides is 2. The second-order valence-electron chi connectivity index (χ2n) is 7.23. The SMILES string of the molecule is O=C(NCCc1ccc2c(c1)OCO2)[C@@H]1CC(=O)N([C@@H]2CCS(=O)(=O)C2)C1. The van der Waals surface area contributed by atoms with Gasteiger partial charge in [0, 0.05) is 25.6 Å². The number of fused-ring (bicyclic) bond motifs is 1. The summed E-state index contributed by atoms with van der Waals surface area (Å²) in [5.41, 5.74) is 1.03. The van der Waals surface area contributed by atoms with Gasteiger partial charge in [0.05, 0.1) is 17.4 Å². The Labute approximate surface area is 157 Å². The van der Waals surface area contributed by atoms with Crippen LogP contribution in [0.3, 0.4) is 0 Å². The van der Waals surface area contributed by atoms with Gasteiger partial charge in [-0.3, -0.25) is 9.59 Å². The number of rotatable bonds is 5. The van der Waals surface area contributed by atoms with Crippen LogP contribution in [0.25, 0.3) is 0 Å². The number of carbonyl (C=O) groups excluding carboxylic acids is 2. The summed E-state index contributed by atoms with van der Waals surface area (Å²) >= 11 is 0. The maximum absolute atomic E-state index is 12.4. The third kappa shape index (κ3) is 3.87. The molecule has 1 N–H and O–H groups in total. The zero-order valence-corrected chi connectivity index (χ0v) is 15.7. The van der Waals surface area contributed by atoms with Crippen LogP contribution in [0, 0.1) is 5.92 Å². The molecule has 0 saturated carbocycles. The van der Waals surface area contributed by atoms with Gasteiger partial charge >= 0.3 is 0 Å². The van der Waals surface area contributed by atoms with Gasteiger partial charge in [0.15, 0.2) is 21.3 Å². The number of ether oxygens (including phenoxy) is 2. The molecule has 8 nitrogen and oxygen atoms in total. The molecular weight excluding hydrogens is 372 g/mol. The summed E-state index contributed by atoms with van der Waals surface area (Å²) in [7, 11) is -3.06. The van der Waals surface area contributed by atoms with E-state index < -0.39 is 15.8 Å². The van der Waals surface area contributed by atoms with Crippen LogP contribution >= 0.6 is 0 Å². The van der Waals surface area contributed by atoms with E-state index >= 15 is 0 Å². The van der Waals surface area contributed by atoms with Gasteiger partial charge in [-0.1, -0.05) is 6.07 Å². The summed E-state index contributed by atoms with van der Waals surface area (Å²) in [6, 6.07) is 5.40. The highest BCUT2D eigenvalue weighted by molar-refractivity contribution is 7.91. The van der Waals surface area contributed by atoms with Crippen LogP contribution in [0.15, 0.2) is 18.2 Å². The van der Waals surface area contributed by atoms with Crippen LogP contribution in [0.4, 0.5) is 0 Å². The van der Waals surface area contributed by atoms with Gasteiger partial charge in [0.25, 0.3) is 0 Å². The molecule has 3 heterocycles. The van der Waals surface area contributed by atoms with Crippen LogP contribution in [0.2, 0.25) is 0 Å². The third-order valence-corrected chi connectivity index (χ3v) is 7.08. The number of likely N-dealkylation sites (tertiary alicyclic amines) is 1. The standard InChI is InChI=1S/C18H22N2O6S/c21-17-8-13(9-20(17)14-4-6-27(23,24)10-14)18(22)19-5-3-12-1-2-15-16(7-12)26-11-25-15/h1-2,7,13-14H,3-6,8-11H2,(H,19,22)/t13-,14-/m1/s1. The summed E-state index contributed by atoms with van der Waals surface area (Å²) in [6.45, 7) is 0.986. The van der Waals surface area contributed by atoms with Gasteiger partial charge < -0.3 is 19.7 Å². The summed E-state index contributed by atoms with van der Waals surface area (Å²) in [5.74, 6) is 0.854. The summed E-state index contributed by atoms with van der Waals surface area (Å²) in [6.07, 6.45) is 1.26. The van der Waals surface area contributed by atoms with Crippen molar-refractivity contribution in [1.29, 1.82) is 0 Å². The molecule has 3 aliphatic heterocycles. The first kappa shape index (κ1) is 18.1. The van der Waals surface area contributed by atoms with Crippen molar-refractivity contribution >= 4 is 21.7 Å². The summed E-state index contributed by atoms with van der Waals surface area (Å²) in [4.78, 5) is 26.2. The number of hydrogen-bond acceptors (Lipinski definition) is 6. The average Bonchev–Trinajstić information content (AvgIpc) is 3.32. The van der Waals surface area contributed by atoms with Crippen molar-refractivity contribution < 1.29 is 27.5 Å². The minimum Gasteiger partial charge on any atom is -0.454 e. The molecule has 9 heteroatoms. The molecule has 0 radical (unpaired) electrons. The largest absolute Gasteiger partial charge is 0.454 e. The Kier molecular flexibility index (Phi) is 4.71. The Morgan fingerprint density at radius 3 is 2.85 bits per heavy atom. The molecule has 2 amide bonds. The number of carbonyl (C=O) groups is 2. The highest BCUT2D eigenvalue weighted by Gasteiger charge is 2.41. The van der Waals surface area contributed by atoms with Gasteiger partial charge in [0.1, 0.15) is 0 Å². The lowest BCUT2D eigenvalue weighted by atomic mass is 10.1. The van der Waals surface area contributed by atoms with Gasteiger partial charge in [-0.15, -0.1) is 0 Å². The van der Waals surface area contributed by atoms with Crippen molar-refractivity contribution in [2.75, 3.05) is 31.4 Å². The fraction of sp³-hybridized carbons (Fsp3) is 0.556. The Balaban J connectivity index is 1.27. The molecule has 3 aliphatic rings. The van der Waals surface area contributed by atoms with Crippen molar-refractivity contribution in [3.8, 4) is 11.5 Å². The number of nitrogens with zero attached hydrogens (tertiary/aromatic N) is 1. The Morgan fingerprint density at radius 1 is 1.26 bits per heavy atom. The molecule has 0 aliphatic carbocycles. The lowest BCUT2D eigenvalue weighted by Gasteiger charge is -2.22. The molecule has 4 rings (SSSR count). The molecule has 1 aromatic carbocycles. The maximum atomic E-state index is 12.4. The lowest BCUT2D eigenvalue weighted by molar-refractivity contribution is -0.130. The average molecular weight is 394 g/mol. The van der Waals surface area contributed by atoms with Crippen LogP contribution in [0.1, 0.15) is 18.4 Å². The molecular formula is C18H22N2O6S. The predicted molar refractivity (Wildman–Crippen MR) is 96.2 cm³/mol. The molecule has 1 aromatic rings. The van der Waals surface area contributed by atoms with E-state index in [2.05, 4.69) is 5.32 Å². The molecule has 27 heavy (non-hydrogen) atoms. The van der Waals surface area contributed by atoms with E-state index in [9.17, 15) is 18.0 Å². The van der Waals surface area contributed by atoms with Crippen molar-refractivity contribution in [2.24, 2.45) is 5.92 Å². The Bertz CT molecular complexity index is 869. The van der Waals surface area contributed by atoms with Gasteiger partial charge in [0.2, 0.25) is 18.6 Å². The zero-order valence-electron chi connectivity index (χ0n) is 14.8. The molecule has 0 unspecified atom stereocenters. The molecule has 0 bridgehead atoms. The molecule has 2 saturated heterocycles. The van der Waals surface area contributed by atoms with E-state index in [1.54, 1.807) is 4.90 Å². The van der Waals surface area contributed by atoms with Gasteiger partial charge in [-0.2, -0.15) is 0 Å². The minimum absolute atomic E-state index is 0.0111. The van der Waals surface area contributed by atoms with Crippen molar-refractivity contribution in [3.63, 3.8) is 0 Å². The quantitative estimate of drug-likeness (QED) is 0.761. The highest BCUT2D eigenvalue weighted by Crippen LogP contribution is 2.32. The number of benzene rings is 1. The first-order valence-electron chi connectivity index (χ1n) is 9.07. The third-order valence-electron chi connectivity index (χ3n) is 5.33. The molecule has 146 valence electrons. The van der Waals surface area contributed by atoms with E-state index in [4.69, 9.17) is 9.47 Å². The fourth-order valence-corrected chi connectivity index (χ4v) is 5.58. The number of sulfone groups is 1. The van der Waals surface area contributed by atoms with Crippen molar-refractivity contribution in [2.45, 2.75) is 25.3 Å². The van der Waals surface area contributed by atoms with Crippen LogP contribution < -0.4 is 14.8 Å². The fourth-order valence-electron chi connectivity index (χ4n) is 3.85. The smallest absolute Gasteiger partial charge is 0.231 e. The zero-order chi connectivity index (χ0) is 19.0. The minimum atomic E-state index is -3.06. The molecule has 2 fully saturated rings. The van der Waals surface area contributed by atoms with Gasteiger partial charge in [-0.25, -0.2) is 8.42 Å². The van der Waals surface area contributed by atoms with E-state index in [0.29, 0.717) is 31.7 Å². The summed E-state index contributed by atoms with van der Waals surface area (Å²) < 4.78 is 33.9. The molecule has 2 atom stereocenters. The van der Waals surface area contributed by atoms with Crippen LogP contribution in [-0.4, -0.2) is 62.6 Å². The van der Waals surface area contributed by atoms with Gasteiger partial charge in [-0.05, 0) is 30.5 Å². The topological polar surface area (TPSA) is 102 Å². The van der Waals surface area contributed by atoms with E-state index in [0.717, 1.165) is 11.3 Å². The van der Waals surface area contributed by atoms with E-state index in [-0.39, 0.29) is 42.6 Å². The Morgan fingerprint density at radius 2 is 2.07 bits per heavy atom. The van der Waals surface area contributed by atoms with E-state index in [1.807, 2.05) is 18.2 Å². The second kappa shape index (κ2) is 7.03. The first-order chi connectivity index (χ1) is 12.9. The van der Waals surface area contributed by atoms with Crippen LogP contribution in [0.5, 0.6) is 11.5 Å². The summed E-state index contributed by atoms with van der Waals surface area (Å²) in [5, 5.41) is 2.88. The van der Waals surface area contributed by atoms with Crippen molar-refractivity contribution in [3.05, 3.63) is 23.8 Å². The normalized spacial score (nSPS) is 25.8. The monoisotopic (exact) mass is 394 g/mol. The highest BCUT2D eigenvalue weighted by atomic mass is 32.2. The first-order valence-corrected chi connectivity index (χ1v) is 10.9. The van der Waals surface area contributed by atoms with Crippen LogP contribution in [-0.2, 0) is 25.8 Å². The molecule has 0 spiro atoms. The van der Waals surface area contributed by atoms with Crippen molar-refractivity contribution in [1.82, 2.24) is 10.2 Å². The number of nitrogens with one attached hydrogen (secondary N) is 1. The maximum Gasteiger partial charge on any atom is 0.231 e. The predicted octanol–water partition coefficient (Wildman–Crippen LogP) is 0.110. The Hall–Kier alpha value is -2.29. The molecule has 0 aromatic heterocycles. The second-order valence-corrected chi connectivity index (χ2v) is 9.46. The van der Waals surface area contributed by atoms with E-state index in [1.165, 1.54) is 0 Å².